The molecule has 7 nitrogen and oxygen atoms in total. The molecule has 2 saturated heterocycles. The van der Waals surface area contributed by atoms with Crippen LogP contribution in [0.1, 0.15) is 32.3 Å². The van der Waals surface area contributed by atoms with Crippen LogP contribution in [0.5, 0.6) is 5.75 Å². The predicted octanol–water partition coefficient (Wildman–Crippen LogP) is 1.95. The summed E-state index contributed by atoms with van der Waals surface area (Å²) in [5, 5.41) is 2.94. The third kappa shape index (κ3) is 2.21. The van der Waals surface area contributed by atoms with Gasteiger partial charge < -0.3 is 15.0 Å². The highest BCUT2D eigenvalue weighted by molar-refractivity contribution is 6.14. The zero-order valence-corrected chi connectivity index (χ0v) is 16.7. The van der Waals surface area contributed by atoms with Crippen LogP contribution in [0.15, 0.2) is 41.6 Å². The second-order valence-corrected chi connectivity index (χ2v) is 8.32. The Balaban J connectivity index is 1.73. The smallest absolute Gasteiger partial charge is 0.270 e. The number of allylic oxidation sites excluding steroid dienone is 1. The minimum Gasteiger partial charge on any atom is -0.497 e. The normalized spacial score (nSPS) is 29.5. The van der Waals surface area contributed by atoms with E-state index in [4.69, 9.17) is 4.74 Å². The quantitative estimate of drug-likeness (QED) is 0.779. The van der Waals surface area contributed by atoms with Crippen molar-refractivity contribution >= 4 is 23.4 Å². The number of anilines is 1. The lowest BCUT2D eigenvalue weighted by atomic mass is 9.75. The molecule has 0 saturated carbocycles. The van der Waals surface area contributed by atoms with E-state index < -0.39 is 17.5 Å². The first-order valence-corrected chi connectivity index (χ1v) is 9.90. The molecule has 0 aliphatic carbocycles. The molecule has 4 aliphatic rings. The van der Waals surface area contributed by atoms with Crippen LogP contribution in [0.25, 0.3) is 0 Å². The highest BCUT2D eigenvalue weighted by Gasteiger charge is 2.62. The Morgan fingerprint density at radius 1 is 1.28 bits per heavy atom. The number of ether oxygens (including phenoxy) is 1. The van der Waals surface area contributed by atoms with Crippen molar-refractivity contribution in [1.29, 1.82) is 0 Å². The van der Waals surface area contributed by atoms with Crippen LogP contribution in [0.2, 0.25) is 0 Å². The topological polar surface area (TPSA) is 79.0 Å². The summed E-state index contributed by atoms with van der Waals surface area (Å²) in [5.41, 5.74) is 1.58. The zero-order valence-electron chi connectivity index (χ0n) is 16.7. The van der Waals surface area contributed by atoms with Crippen LogP contribution in [-0.2, 0) is 19.8 Å². The Hall–Kier alpha value is -3.09. The third-order valence-corrected chi connectivity index (χ3v) is 6.41. The van der Waals surface area contributed by atoms with Crippen molar-refractivity contribution in [2.75, 3.05) is 19.0 Å². The number of amides is 3. The summed E-state index contributed by atoms with van der Waals surface area (Å²) in [6, 6.07) is 4.43. The lowest BCUT2D eigenvalue weighted by Crippen LogP contribution is -2.59. The van der Waals surface area contributed by atoms with Gasteiger partial charge in [-0.1, -0.05) is 17.7 Å². The molecule has 1 aromatic carbocycles. The Kier molecular flexibility index (Phi) is 3.69. The lowest BCUT2D eigenvalue weighted by Gasteiger charge is -2.40. The summed E-state index contributed by atoms with van der Waals surface area (Å²) in [6.45, 7) is 4.46. The fourth-order valence-electron chi connectivity index (χ4n) is 5.14. The molecule has 7 heteroatoms. The third-order valence-electron chi connectivity index (χ3n) is 6.41. The summed E-state index contributed by atoms with van der Waals surface area (Å²) in [4.78, 5) is 43.2. The highest BCUT2D eigenvalue weighted by Crippen LogP contribution is 2.51. The maximum absolute atomic E-state index is 13.4. The number of rotatable bonds is 2. The fraction of sp³-hybridized carbons (Fsp3) is 0.409. The molecule has 3 amide bonds. The summed E-state index contributed by atoms with van der Waals surface area (Å²) in [6.07, 6.45) is 5.13. The number of piperazine rings is 1. The van der Waals surface area contributed by atoms with Crippen molar-refractivity contribution in [2.45, 2.75) is 44.2 Å². The number of carbonyl (C=O) groups excluding carboxylic acids is 3. The molecule has 0 bridgehead atoms. The SMILES string of the molecule is COc1ccc2c(c1)NC(=O)[C@]21C=C2C(=O)N3CCC[C@H]3C(=O)N2[C@H]1C=C(C)C. The van der Waals surface area contributed by atoms with Gasteiger partial charge in [-0.3, -0.25) is 19.3 Å². The van der Waals surface area contributed by atoms with Crippen molar-refractivity contribution in [3.63, 3.8) is 0 Å². The van der Waals surface area contributed by atoms with Crippen molar-refractivity contribution in [3.8, 4) is 5.75 Å². The van der Waals surface area contributed by atoms with E-state index in [2.05, 4.69) is 5.32 Å². The lowest BCUT2D eigenvalue weighted by molar-refractivity contribution is -0.149. The molecule has 3 atom stereocenters. The molecule has 1 N–H and O–H groups in total. The summed E-state index contributed by atoms with van der Waals surface area (Å²) in [7, 11) is 1.57. The van der Waals surface area contributed by atoms with Crippen molar-refractivity contribution in [3.05, 3.63) is 47.2 Å². The molecule has 5 rings (SSSR count). The molecular weight excluding hydrogens is 370 g/mol. The molecule has 2 fully saturated rings. The first kappa shape index (κ1) is 18.0. The molecule has 150 valence electrons. The van der Waals surface area contributed by atoms with E-state index >= 15 is 0 Å². The van der Waals surface area contributed by atoms with Gasteiger partial charge in [-0.05, 0) is 44.4 Å². The number of benzene rings is 1. The van der Waals surface area contributed by atoms with Crippen LogP contribution in [0.4, 0.5) is 5.69 Å². The molecule has 1 spiro atoms. The molecule has 0 radical (unpaired) electrons. The standard InChI is InChI=1S/C22H23N3O4/c1-12(2)9-18-22(14-7-6-13(29-3)10-15(14)23-21(22)28)11-17-19(26)24-8-4-5-16(24)20(27)25(17)18/h6-7,9-11,16,18H,4-5,8H2,1-3H3,(H,23,28)/t16-,18-,22+/m0/s1. The van der Waals surface area contributed by atoms with Gasteiger partial charge >= 0.3 is 0 Å². The monoisotopic (exact) mass is 393 g/mol. The van der Waals surface area contributed by atoms with Gasteiger partial charge in [0.2, 0.25) is 5.91 Å². The second kappa shape index (κ2) is 5.95. The van der Waals surface area contributed by atoms with Gasteiger partial charge in [0, 0.05) is 18.3 Å². The van der Waals surface area contributed by atoms with E-state index in [0.717, 1.165) is 17.6 Å². The Morgan fingerprint density at radius 3 is 2.79 bits per heavy atom. The fourth-order valence-corrected chi connectivity index (χ4v) is 5.14. The number of fused-ring (bicyclic) bond motifs is 4. The van der Waals surface area contributed by atoms with E-state index in [-0.39, 0.29) is 17.7 Å². The summed E-state index contributed by atoms with van der Waals surface area (Å²) < 4.78 is 5.29. The number of hydrogen-bond acceptors (Lipinski definition) is 4. The summed E-state index contributed by atoms with van der Waals surface area (Å²) >= 11 is 0. The van der Waals surface area contributed by atoms with Crippen LogP contribution in [0.3, 0.4) is 0 Å². The number of nitrogens with one attached hydrogen (secondary N) is 1. The highest BCUT2D eigenvalue weighted by atomic mass is 16.5. The van der Waals surface area contributed by atoms with Crippen molar-refractivity contribution in [2.24, 2.45) is 0 Å². The minimum atomic E-state index is -1.13. The summed E-state index contributed by atoms with van der Waals surface area (Å²) in [5.74, 6) is 0.148. The van der Waals surface area contributed by atoms with E-state index in [1.54, 1.807) is 35.1 Å². The van der Waals surface area contributed by atoms with Crippen LogP contribution in [0, 0.1) is 0 Å². The van der Waals surface area contributed by atoms with Crippen LogP contribution < -0.4 is 10.1 Å². The molecule has 0 aromatic heterocycles. The molecular formula is C22H23N3O4. The number of methoxy groups -OCH3 is 1. The number of carbonyl (C=O) groups is 3. The van der Waals surface area contributed by atoms with Crippen molar-refractivity contribution in [1.82, 2.24) is 9.80 Å². The van der Waals surface area contributed by atoms with E-state index in [1.165, 1.54) is 0 Å². The van der Waals surface area contributed by atoms with Gasteiger partial charge in [0.15, 0.2) is 0 Å². The van der Waals surface area contributed by atoms with E-state index in [0.29, 0.717) is 30.1 Å². The average Bonchev–Trinajstić information content (AvgIpc) is 3.36. The molecule has 29 heavy (non-hydrogen) atoms. The second-order valence-electron chi connectivity index (χ2n) is 8.32. The number of hydrogen-bond donors (Lipinski definition) is 1. The van der Waals surface area contributed by atoms with E-state index in [9.17, 15) is 14.4 Å². The van der Waals surface area contributed by atoms with Crippen molar-refractivity contribution < 1.29 is 19.1 Å². The zero-order chi connectivity index (χ0) is 20.5. The average molecular weight is 393 g/mol. The first-order valence-electron chi connectivity index (χ1n) is 9.90. The van der Waals surface area contributed by atoms with Gasteiger partial charge in [0.05, 0.1) is 13.2 Å². The van der Waals surface area contributed by atoms with Gasteiger partial charge in [-0.15, -0.1) is 0 Å². The molecule has 4 aliphatic heterocycles. The van der Waals surface area contributed by atoms with Gasteiger partial charge in [-0.25, -0.2) is 0 Å². The Bertz CT molecular complexity index is 1020. The van der Waals surface area contributed by atoms with Gasteiger partial charge in [0.25, 0.3) is 11.8 Å². The van der Waals surface area contributed by atoms with Gasteiger partial charge in [0.1, 0.15) is 22.9 Å². The predicted molar refractivity (Wildman–Crippen MR) is 106 cm³/mol. The van der Waals surface area contributed by atoms with Crippen LogP contribution >= 0.6 is 0 Å². The largest absolute Gasteiger partial charge is 0.497 e. The molecule has 1 aromatic rings. The first-order chi connectivity index (χ1) is 13.9. The van der Waals surface area contributed by atoms with Gasteiger partial charge in [-0.2, -0.15) is 0 Å². The van der Waals surface area contributed by atoms with E-state index in [1.807, 2.05) is 26.0 Å². The number of nitrogens with zero attached hydrogens (tertiary/aromatic N) is 2. The maximum Gasteiger partial charge on any atom is 0.270 e. The molecule has 4 heterocycles. The molecule has 0 unspecified atom stereocenters. The minimum absolute atomic E-state index is 0.0949. The van der Waals surface area contributed by atoms with Crippen LogP contribution in [-0.4, -0.2) is 53.3 Å². The maximum atomic E-state index is 13.4. The Labute approximate surface area is 169 Å². The Morgan fingerprint density at radius 2 is 2.07 bits per heavy atom.